The first-order valence-corrected chi connectivity index (χ1v) is 7.02. The summed E-state index contributed by atoms with van der Waals surface area (Å²) in [6.45, 7) is 6.92. The number of nitrogens with one attached hydrogen (secondary N) is 1. The second-order valence-corrected chi connectivity index (χ2v) is 5.36. The molecule has 0 radical (unpaired) electrons. The summed E-state index contributed by atoms with van der Waals surface area (Å²) in [5.74, 6) is 1.04. The van der Waals surface area contributed by atoms with Gasteiger partial charge in [-0.25, -0.2) is 0 Å². The summed E-state index contributed by atoms with van der Waals surface area (Å²) in [6.07, 6.45) is 11.2. The molecule has 1 rings (SSSR count). The Morgan fingerprint density at radius 2 is 1.73 bits per heavy atom. The van der Waals surface area contributed by atoms with E-state index in [-0.39, 0.29) is 0 Å². The second-order valence-electron chi connectivity index (χ2n) is 5.36. The highest BCUT2D eigenvalue weighted by atomic mass is 14.9. The zero-order valence-corrected chi connectivity index (χ0v) is 10.9. The smallest absolute Gasteiger partial charge is 0.00697 e. The van der Waals surface area contributed by atoms with Crippen LogP contribution < -0.4 is 5.32 Å². The lowest BCUT2D eigenvalue weighted by Gasteiger charge is -2.31. The Morgan fingerprint density at radius 1 is 1.07 bits per heavy atom. The van der Waals surface area contributed by atoms with Crippen LogP contribution in [0.25, 0.3) is 0 Å². The van der Waals surface area contributed by atoms with Gasteiger partial charge in [0, 0.05) is 12.1 Å². The molecule has 0 aromatic heterocycles. The SMILES string of the molecule is CCCC1CCC(NC(C)CCC)CC1. The Balaban J connectivity index is 2.14. The number of hydrogen-bond donors (Lipinski definition) is 1. The minimum absolute atomic E-state index is 0.725. The summed E-state index contributed by atoms with van der Waals surface area (Å²) in [7, 11) is 0. The van der Waals surface area contributed by atoms with Gasteiger partial charge in [-0.05, 0) is 44.9 Å². The van der Waals surface area contributed by atoms with Gasteiger partial charge in [0.15, 0.2) is 0 Å². The zero-order valence-electron chi connectivity index (χ0n) is 10.9. The highest BCUT2D eigenvalue weighted by Crippen LogP contribution is 2.27. The van der Waals surface area contributed by atoms with Gasteiger partial charge in [-0.3, -0.25) is 0 Å². The second kappa shape index (κ2) is 7.27. The Labute approximate surface area is 96.0 Å². The number of hydrogen-bond acceptors (Lipinski definition) is 1. The van der Waals surface area contributed by atoms with E-state index in [1.165, 1.54) is 51.4 Å². The van der Waals surface area contributed by atoms with E-state index in [9.17, 15) is 0 Å². The third kappa shape index (κ3) is 5.01. The van der Waals surface area contributed by atoms with Crippen LogP contribution in [-0.2, 0) is 0 Å². The van der Waals surface area contributed by atoms with Gasteiger partial charge in [-0.2, -0.15) is 0 Å². The van der Waals surface area contributed by atoms with Gasteiger partial charge in [-0.1, -0.05) is 33.1 Å². The van der Waals surface area contributed by atoms with Crippen molar-refractivity contribution in [3.05, 3.63) is 0 Å². The van der Waals surface area contributed by atoms with Crippen LogP contribution in [0.5, 0.6) is 0 Å². The van der Waals surface area contributed by atoms with Crippen molar-refractivity contribution in [2.75, 3.05) is 0 Å². The Bertz CT molecular complexity index is 147. The van der Waals surface area contributed by atoms with Crippen molar-refractivity contribution < 1.29 is 0 Å². The molecule has 0 amide bonds. The highest BCUT2D eigenvalue weighted by molar-refractivity contribution is 4.78. The molecule has 1 nitrogen and oxygen atoms in total. The van der Waals surface area contributed by atoms with Crippen LogP contribution in [0.15, 0.2) is 0 Å². The third-order valence-electron chi connectivity index (χ3n) is 3.79. The molecule has 1 aliphatic carbocycles. The normalized spacial score (nSPS) is 29.0. The molecule has 1 unspecified atom stereocenters. The predicted molar refractivity (Wildman–Crippen MR) is 68.2 cm³/mol. The first kappa shape index (κ1) is 13.0. The standard InChI is InChI=1S/C14H29N/c1-4-6-12(3)15-14-10-8-13(7-5-2)9-11-14/h12-15H,4-11H2,1-3H3. The lowest BCUT2D eigenvalue weighted by molar-refractivity contribution is 0.262. The molecule has 0 aliphatic heterocycles. The van der Waals surface area contributed by atoms with Gasteiger partial charge >= 0.3 is 0 Å². The quantitative estimate of drug-likeness (QED) is 0.697. The Morgan fingerprint density at radius 3 is 2.27 bits per heavy atom. The van der Waals surface area contributed by atoms with Gasteiger partial charge < -0.3 is 5.32 Å². The first-order valence-electron chi connectivity index (χ1n) is 7.02. The largest absolute Gasteiger partial charge is 0.312 e. The van der Waals surface area contributed by atoms with Gasteiger partial charge in [0.2, 0.25) is 0 Å². The molecule has 1 saturated carbocycles. The molecular weight excluding hydrogens is 182 g/mol. The average Bonchev–Trinajstić information content (AvgIpc) is 2.22. The van der Waals surface area contributed by atoms with Crippen molar-refractivity contribution in [3.63, 3.8) is 0 Å². The molecule has 1 aliphatic rings. The van der Waals surface area contributed by atoms with Gasteiger partial charge in [-0.15, -0.1) is 0 Å². The van der Waals surface area contributed by atoms with Gasteiger partial charge in [0.1, 0.15) is 0 Å². The van der Waals surface area contributed by atoms with E-state index in [1.54, 1.807) is 0 Å². The predicted octanol–water partition coefficient (Wildman–Crippen LogP) is 4.12. The van der Waals surface area contributed by atoms with Crippen LogP contribution >= 0.6 is 0 Å². The molecule has 1 atom stereocenters. The van der Waals surface area contributed by atoms with Crippen molar-refractivity contribution >= 4 is 0 Å². The van der Waals surface area contributed by atoms with E-state index in [0.717, 1.165) is 18.0 Å². The monoisotopic (exact) mass is 211 g/mol. The molecule has 0 heterocycles. The molecule has 1 heteroatoms. The van der Waals surface area contributed by atoms with Crippen LogP contribution in [0.2, 0.25) is 0 Å². The maximum absolute atomic E-state index is 3.78. The summed E-state index contributed by atoms with van der Waals surface area (Å²) < 4.78 is 0. The zero-order chi connectivity index (χ0) is 11.1. The molecule has 1 fully saturated rings. The molecule has 0 spiro atoms. The van der Waals surface area contributed by atoms with Crippen LogP contribution in [0.3, 0.4) is 0 Å². The topological polar surface area (TPSA) is 12.0 Å². The fourth-order valence-electron chi connectivity index (χ4n) is 2.94. The first-order chi connectivity index (χ1) is 7.26. The van der Waals surface area contributed by atoms with E-state index >= 15 is 0 Å². The van der Waals surface area contributed by atoms with E-state index in [4.69, 9.17) is 0 Å². The minimum atomic E-state index is 0.725. The molecular formula is C14H29N. The van der Waals surface area contributed by atoms with Crippen molar-refractivity contribution in [2.24, 2.45) is 5.92 Å². The van der Waals surface area contributed by atoms with Crippen molar-refractivity contribution in [2.45, 2.75) is 84.2 Å². The summed E-state index contributed by atoms with van der Waals surface area (Å²) in [5.41, 5.74) is 0. The van der Waals surface area contributed by atoms with Gasteiger partial charge in [0.05, 0.1) is 0 Å². The van der Waals surface area contributed by atoms with Crippen molar-refractivity contribution in [1.29, 1.82) is 0 Å². The molecule has 1 N–H and O–H groups in total. The van der Waals surface area contributed by atoms with E-state index in [0.29, 0.717) is 0 Å². The van der Waals surface area contributed by atoms with Crippen molar-refractivity contribution in [1.82, 2.24) is 5.32 Å². The molecule has 15 heavy (non-hydrogen) atoms. The van der Waals surface area contributed by atoms with Crippen molar-refractivity contribution in [3.8, 4) is 0 Å². The molecule has 0 aromatic carbocycles. The third-order valence-corrected chi connectivity index (χ3v) is 3.79. The summed E-state index contributed by atoms with van der Waals surface area (Å²) in [4.78, 5) is 0. The Hall–Kier alpha value is -0.0400. The number of rotatable bonds is 6. The molecule has 0 bridgehead atoms. The lowest BCUT2D eigenvalue weighted by Crippen LogP contribution is -2.38. The van der Waals surface area contributed by atoms with Crippen LogP contribution in [0.4, 0.5) is 0 Å². The maximum Gasteiger partial charge on any atom is 0.00697 e. The molecule has 0 saturated heterocycles. The fraction of sp³-hybridized carbons (Fsp3) is 1.00. The minimum Gasteiger partial charge on any atom is -0.312 e. The summed E-state index contributed by atoms with van der Waals surface area (Å²) in [5, 5.41) is 3.78. The average molecular weight is 211 g/mol. The fourth-order valence-corrected chi connectivity index (χ4v) is 2.94. The maximum atomic E-state index is 3.78. The molecule has 90 valence electrons. The lowest BCUT2D eigenvalue weighted by atomic mass is 9.83. The summed E-state index contributed by atoms with van der Waals surface area (Å²) in [6, 6.07) is 1.54. The Kier molecular flexibility index (Phi) is 6.31. The van der Waals surface area contributed by atoms with Crippen LogP contribution in [0, 0.1) is 5.92 Å². The molecule has 0 aromatic rings. The van der Waals surface area contributed by atoms with Gasteiger partial charge in [0.25, 0.3) is 0 Å². The van der Waals surface area contributed by atoms with Crippen LogP contribution in [0.1, 0.15) is 72.1 Å². The van der Waals surface area contributed by atoms with E-state index < -0.39 is 0 Å². The van der Waals surface area contributed by atoms with Crippen LogP contribution in [-0.4, -0.2) is 12.1 Å². The van der Waals surface area contributed by atoms with E-state index in [1.807, 2.05) is 0 Å². The highest BCUT2D eigenvalue weighted by Gasteiger charge is 2.21. The van der Waals surface area contributed by atoms with E-state index in [2.05, 4.69) is 26.1 Å². The summed E-state index contributed by atoms with van der Waals surface area (Å²) >= 11 is 0.